The summed E-state index contributed by atoms with van der Waals surface area (Å²) in [4.78, 5) is 0. The van der Waals surface area contributed by atoms with Crippen molar-refractivity contribution in [1.82, 2.24) is 5.32 Å². The predicted octanol–water partition coefficient (Wildman–Crippen LogP) is 2.65. The monoisotopic (exact) mass is 281 g/mol. The van der Waals surface area contributed by atoms with Gasteiger partial charge in [0.2, 0.25) is 0 Å². The Kier molecular flexibility index (Phi) is 8.83. The number of hydrogen-bond acceptors (Lipinski definition) is 4. The van der Waals surface area contributed by atoms with Crippen LogP contribution >= 0.6 is 0 Å². The van der Waals surface area contributed by atoms with Crippen molar-refractivity contribution in [3.63, 3.8) is 0 Å². The maximum atomic E-state index is 5.61. The molecule has 0 radical (unpaired) electrons. The Bertz CT molecular complexity index is 369. The van der Waals surface area contributed by atoms with E-state index in [4.69, 9.17) is 14.2 Å². The number of hydrogen-bond donors (Lipinski definition) is 1. The van der Waals surface area contributed by atoms with Gasteiger partial charge in [0.1, 0.15) is 0 Å². The van der Waals surface area contributed by atoms with Crippen molar-refractivity contribution in [3.05, 3.63) is 23.8 Å². The van der Waals surface area contributed by atoms with Crippen LogP contribution in [0.4, 0.5) is 0 Å². The summed E-state index contributed by atoms with van der Waals surface area (Å²) in [7, 11) is 0. The highest BCUT2D eigenvalue weighted by atomic mass is 16.5. The molecule has 0 atom stereocenters. The molecule has 0 fully saturated rings. The van der Waals surface area contributed by atoms with Crippen LogP contribution in [-0.2, 0) is 11.2 Å². The van der Waals surface area contributed by atoms with E-state index >= 15 is 0 Å². The standard InChI is InChI=1S/C16H27NO3/c1-4-17-10-12-18-11-9-14-7-8-15(19-5-2)16(13-14)20-6-3/h7-8,13,17H,4-6,9-12H2,1-3H3. The van der Waals surface area contributed by atoms with E-state index in [0.29, 0.717) is 13.2 Å². The number of likely N-dealkylation sites (N-methyl/N-ethyl adjacent to an activating group) is 1. The molecule has 1 N–H and O–H groups in total. The third-order valence-corrected chi connectivity index (χ3v) is 2.82. The van der Waals surface area contributed by atoms with Gasteiger partial charge in [-0.1, -0.05) is 13.0 Å². The molecule has 0 bridgehead atoms. The van der Waals surface area contributed by atoms with E-state index in [1.807, 2.05) is 26.0 Å². The molecule has 1 rings (SSSR count). The van der Waals surface area contributed by atoms with Crippen molar-refractivity contribution >= 4 is 0 Å². The zero-order valence-electron chi connectivity index (χ0n) is 12.9. The first-order chi connectivity index (χ1) is 9.81. The second-order valence-corrected chi connectivity index (χ2v) is 4.36. The SMILES string of the molecule is CCNCCOCCc1ccc(OCC)c(OCC)c1. The lowest BCUT2D eigenvalue weighted by atomic mass is 10.1. The minimum Gasteiger partial charge on any atom is -0.490 e. The third-order valence-electron chi connectivity index (χ3n) is 2.82. The van der Waals surface area contributed by atoms with Gasteiger partial charge in [-0.2, -0.15) is 0 Å². The van der Waals surface area contributed by atoms with Gasteiger partial charge < -0.3 is 19.5 Å². The topological polar surface area (TPSA) is 39.7 Å². The zero-order chi connectivity index (χ0) is 14.6. The highest BCUT2D eigenvalue weighted by Gasteiger charge is 2.06. The fourth-order valence-electron chi connectivity index (χ4n) is 1.86. The second-order valence-electron chi connectivity index (χ2n) is 4.36. The summed E-state index contributed by atoms with van der Waals surface area (Å²) in [6.45, 7) is 10.7. The Hall–Kier alpha value is -1.26. The number of benzene rings is 1. The number of ether oxygens (including phenoxy) is 3. The molecule has 0 aromatic heterocycles. The van der Waals surface area contributed by atoms with Crippen LogP contribution in [0.1, 0.15) is 26.3 Å². The molecule has 4 heteroatoms. The van der Waals surface area contributed by atoms with Crippen LogP contribution in [0.2, 0.25) is 0 Å². The molecule has 0 aliphatic heterocycles. The van der Waals surface area contributed by atoms with Crippen LogP contribution in [-0.4, -0.2) is 39.5 Å². The van der Waals surface area contributed by atoms with Gasteiger partial charge in [-0.25, -0.2) is 0 Å². The minimum absolute atomic E-state index is 0.642. The lowest BCUT2D eigenvalue weighted by Crippen LogP contribution is -2.19. The molecule has 0 heterocycles. The van der Waals surface area contributed by atoms with Crippen LogP contribution in [0.15, 0.2) is 18.2 Å². The first kappa shape index (κ1) is 16.8. The maximum absolute atomic E-state index is 5.61. The molecular weight excluding hydrogens is 254 g/mol. The van der Waals surface area contributed by atoms with Crippen molar-refractivity contribution in [2.45, 2.75) is 27.2 Å². The molecule has 114 valence electrons. The summed E-state index contributed by atoms with van der Waals surface area (Å²) in [5.74, 6) is 1.63. The van der Waals surface area contributed by atoms with Crippen LogP contribution in [0.5, 0.6) is 11.5 Å². The minimum atomic E-state index is 0.642. The van der Waals surface area contributed by atoms with Crippen molar-refractivity contribution in [3.8, 4) is 11.5 Å². The Morgan fingerprint density at radius 1 is 0.950 bits per heavy atom. The first-order valence-corrected chi connectivity index (χ1v) is 7.48. The quantitative estimate of drug-likeness (QED) is 0.633. The Morgan fingerprint density at radius 2 is 1.70 bits per heavy atom. The van der Waals surface area contributed by atoms with E-state index in [2.05, 4.69) is 18.3 Å². The van der Waals surface area contributed by atoms with Gasteiger partial charge in [-0.3, -0.25) is 0 Å². The number of nitrogens with one attached hydrogen (secondary N) is 1. The molecule has 0 saturated carbocycles. The van der Waals surface area contributed by atoms with Crippen molar-refractivity contribution in [2.75, 3.05) is 39.5 Å². The normalized spacial score (nSPS) is 10.6. The summed E-state index contributed by atoms with van der Waals surface area (Å²) >= 11 is 0. The van der Waals surface area contributed by atoms with Gasteiger partial charge in [-0.15, -0.1) is 0 Å². The molecule has 0 aliphatic carbocycles. The van der Waals surface area contributed by atoms with E-state index in [1.165, 1.54) is 5.56 Å². The first-order valence-electron chi connectivity index (χ1n) is 7.48. The van der Waals surface area contributed by atoms with Gasteiger partial charge in [0, 0.05) is 6.54 Å². The van der Waals surface area contributed by atoms with Gasteiger partial charge in [0.15, 0.2) is 11.5 Å². The predicted molar refractivity (Wildman–Crippen MR) is 81.8 cm³/mol. The molecule has 0 amide bonds. The van der Waals surface area contributed by atoms with Gasteiger partial charge >= 0.3 is 0 Å². The smallest absolute Gasteiger partial charge is 0.161 e. The van der Waals surface area contributed by atoms with Crippen LogP contribution in [0, 0.1) is 0 Å². The Labute approximate surface area is 122 Å². The fraction of sp³-hybridized carbons (Fsp3) is 0.625. The zero-order valence-corrected chi connectivity index (χ0v) is 12.9. The van der Waals surface area contributed by atoms with Gasteiger partial charge in [0.05, 0.1) is 26.4 Å². The van der Waals surface area contributed by atoms with Crippen molar-refractivity contribution in [1.29, 1.82) is 0 Å². The van der Waals surface area contributed by atoms with Crippen molar-refractivity contribution in [2.24, 2.45) is 0 Å². The van der Waals surface area contributed by atoms with Crippen molar-refractivity contribution < 1.29 is 14.2 Å². The Balaban J connectivity index is 2.43. The van der Waals surface area contributed by atoms with Crippen LogP contribution in [0.25, 0.3) is 0 Å². The number of rotatable bonds is 11. The van der Waals surface area contributed by atoms with E-state index < -0.39 is 0 Å². The summed E-state index contributed by atoms with van der Waals surface area (Å²) in [6, 6.07) is 6.09. The lowest BCUT2D eigenvalue weighted by molar-refractivity contribution is 0.139. The van der Waals surface area contributed by atoms with Crippen LogP contribution in [0.3, 0.4) is 0 Å². The molecular formula is C16H27NO3. The molecule has 0 aliphatic rings. The molecule has 0 saturated heterocycles. The maximum Gasteiger partial charge on any atom is 0.161 e. The average molecular weight is 281 g/mol. The molecule has 20 heavy (non-hydrogen) atoms. The lowest BCUT2D eigenvalue weighted by Gasteiger charge is -2.12. The fourth-order valence-corrected chi connectivity index (χ4v) is 1.86. The van der Waals surface area contributed by atoms with E-state index in [1.54, 1.807) is 0 Å². The highest BCUT2D eigenvalue weighted by molar-refractivity contribution is 5.43. The van der Waals surface area contributed by atoms with Gasteiger partial charge in [0.25, 0.3) is 0 Å². The van der Waals surface area contributed by atoms with Crippen LogP contribution < -0.4 is 14.8 Å². The molecule has 1 aromatic rings. The van der Waals surface area contributed by atoms with E-state index in [-0.39, 0.29) is 0 Å². The molecule has 0 unspecified atom stereocenters. The Morgan fingerprint density at radius 3 is 2.40 bits per heavy atom. The highest BCUT2D eigenvalue weighted by Crippen LogP contribution is 2.28. The van der Waals surface area contributed by atoms with Gasteiger partial charge in [-0.05, 0) is 44.5 Å². The average Bonchev–Trinajstić information content (AvgIpc) is 2.46. The summed E-state index contributed by atoms with van der Waals surface area (Å²) in [5.41, 5.74) is 1.21. The van der Waals surface area contributed by atoms with E-state index in [9.17, 15) is 0 Å². The summed E-state index contributed by atoms with van der Waals surface area (Å²) in [6.07, 6.45) is 0.888. The largest absolute Gasteiger partial charge is 0.490 e. The molecule has 1 aromatic carbocycles. The summed E-state index contributed by atoms with van der Waals surface area (Å²) in [5, 5.41) is 3.23. The summed E-state index contributed by atoms with van der Waals surface area (Å²) < 4.78 is 16.7. The molecule has 4 nitrogen and oxygen atoms in total. The second kappa shape index (κ2) is 10.5. The van der Waals surface area contributed by atoms with E-state index in [0.717, 1.165) is 44.2 Å². The molecule has 0 spiro atoms. The third kappa shape index (κ3) is 6.26.